The van der Waals surface area contributed by atoms with Crippen molar-refractivity contribution in [1.29, 1.82) is 0 Å². The molecule has 4 heterocycles. The highest BCUT2D eigenvalue weighted by Crippen LogP contribution is 2.26. The summed E-state index contributed by atoms with van der Waals surface area (Å²) < 4.78 is 21.4. The van der Waals surface area contributed by atoms with E-state index in [0.717, 1.165) is 18.5 Å². The SMILES string of the molecule is CCOc1cc2nc(-c3nnc4ccc(CCN(C(=O)O)C5CCNC5)cn34)ccc2cc1F. The molecule has 1 fully saturated rings. The van der Waals surface area contributed by atoms with E-state index in [1.807, 2.05) is 22.7 Å². The number of nitrogens with zero attached hydrogens (tertiary/aromatic N) is 5. The Morgan fingerprint density at radius 2 is 2.18 bits per heavy atom. The highest BCUT2D eigenvalue weighted by Gasteiger charge is 2.26. The van der Waals surface area contributed by atoms with E-state index in [0.29, 0.717) is 54.2 Å². The lowest BCUT2D eigenvalue weighted by atomic mass is 10.1. The van der Waals surface area contributed by atoms with Gasteiger partial charge in [-0.1, -0.05) is 12.1 Å². The number of carboxylic acid groups (broad SMARTS) is 1. The van der Waals surface area contributed by atoms with Gasteiger partial charge in [0.2, 0.25) is 0 Å². The fourth-order valence-corrected chi connectivity index (χ4v) is 4.36. The predicted octanol–water partition coefficient (Wildman–Crippen LogP) is 3.37. The summed E-state index contributed by atoms with van der Waals surface area (Å²) in [5.41, 5.74) is 2.81. The van der Waals surface area contributed by atoms with Crippen LogP contribution in [0, 0.1) is 5.82 Å². The Hall–Kier alpha value is -3.79. The fourth-order valence-electron chi connectivity index (χ4n) is 4.36. The van der Waals surface area contributed by atoms with Gasteiger partial charge in [-0.15, -0.1) is 10.2 Å². The van der Waals surface area contributed by atoms with Gasteiger partial charge in [0, 0.05) is 36.8 Å². The van der Waals surface area contributed by atoms with Crippen molar-refractivity contribution < 1.29 is 19.0 Å². The molecular formula is C24H25FN6O3. The van der Waals surface area contributed by atoms with Crippen LogP contribution in [0.1, 0.15) is 18.9 Å². The molecule has 2 N–H and O–H groups in total. The summed E-state index contributed by atoms with van der Waals surface area (Å²) in [6, 6.07) is 10.4. The van der Waals surface area contributed by atoms with Crippen molar-refractivity contribution in [2.45, 2.75) is 25.8 Å². The molecule has 0 spiro atoms. The predicted molar refractivity (Wildman–Crippen MR) is 125 cm³/mol. The summed E-state index contributed by atoms with van der Waals surface area (Å²) in [6.45, 7) is 4.08. The average molecular weight is 465 g/mol. The Balaban J connectivity index is 1.44. The van der Waals surface area contributed by atoms with Gasteiger partial charge in [-0.3, -0.25) is 4.40 Å². The van der Waals surface area contributed by atoms with Crippen LogP contribution in [-0.2, 0) is 6.42 Å². The van der Waals surface area contributed by atoms with E-state index in [1.165, 1.54) is 11.0 Å². The number of rotatable bonds is 7. The van der Waals surface area contributed by atoms with Crippen LogP contribution >= 0.6 is 0 Å². The number of pyridine rings is 2. The maximum absolute atomic E-state index is 14.2. The Kier molecular flexibility index (Phi) is 5.97. The van der Waals surface area contributed by atoms with E-state index < -0.39 is 11.9 Å². The maximum Gasteiger partial charge on any atom is 0.407 e. The number of carbonyl (C=O) groups is 1. The highest BCUT2D eigenvalue weighted by molar-refractivity contribution is 5.82. The molecule has 1 aliphatic heterocycles. The molecule has 5 rings (SSSR count). The molecule has 0 aliphatic carbocycles. The monoisotopic (exact) mass is 464 g/mol. The maximum atomic E-state index is 14.2. The lowest BCUT2D eigenvalue weighted by Gasteiger charge is -2.25. The molecule has 176 valence electrons. The van der Waals surface area contributed by atoms with Crippen molar-refractivity contribution >= 4 is 22.6 Å². The van der Waals surface area contributed by atoms with Crippen LogP contribution in [0.5, 0.6) is 5.75 Å². The third kappa shape index (κ3) is 4.24. The van der Waals surface area contributed by atoms with Gasteiger partial charge in [-0.2, -0.15) is 0 Å². The zero-order valence-corrected chi connectivity index (χ0v) is 18.7. The van der Waals surface area contributed by atoms with Crippen LogP contribution in [0.4, 0.5) is 9.18 Å². The molecule has 4 aromatic rings. The third-order valence-corrected chi connectivity index (χ3v) is 6.10. The molecule has 3 aromatic heterocycles. The number of fused-ring (bicyclic) bond motifs is 2. The zero-order valence-electron chi connectivity index (χ0n) is 18.7. The number of halogens is 1. The molecule has 1 amide bonds. The van der Waals surface area contributed by atoms with E-state index in [4.69, 9.17) is 4.74 Å². The van der Waals surface area contributed by atoms with Crippen molar-refractivity contribution in [3.05, 3.63) is 54.0 Å². The molecule has 10 heteroatoms. The second kappa shape index (κ2) is 9.22. The summed E-state index contributed by atoms with van der Waals surface area (Å²) >= 11 is 0. The van der Waals surface area contributed by atoms with Crippen LogP contribution in [0.15, 0.2) is 42.6 Å². The Morgan fingerprint density at radius 3 is 2.94 bits per heavy atom. The minimum atomic E-state index is -0.900. The van der Waals surface area contributed by atoms with Gasteiger partial charge in [-0.25, -0.2) is 14.2 Å². The number of hydrogen-bond acceptors (Lipinski definition) is 6. The number of benzene rings is 1. The second-order valence-electron chi connectivity index (χ2n) is 8.27. The summed E-state index contributed by atoms with van der Waals surface area (Å²) in [5.74, 6) is 0.287. The Bertz CT molecular complexity index is 1350. The van der Waals surface area contributed by atoms with Crippen LogP contribution in [-0.4, -0.2) is 68.0 Å². The molecule has 1 saturated heterocycles. The van der Waals surface area contributed by atoms with Crippen molar-refractivity contribution in [2.24, 2.45) is 0 Å². The summed E-state index contributed by atoms with van der Waals surface area (Å²) in [7, 11) is 0. The number of hydrogen-bond donors (Lipinski definition) is 2. The van der Waals surface area contributed by atoms with Crippen LogP contribution in [0.2, 0.25) is 0 Å². The van der Waals surface area contributed by atoms with Gasteiger partial charge in [0.15, 0.2) is 23.0 Å². The standard InChI is InChI=1S/C24H25FN6O3/c1-2-34-21-12-20-16(11-18(21)25)4-5-19(27-20)23-29-28-22-6-3-15(14-31(22)23)8-10-30(24(32)33)17-7-9-26-13-17/h3-6,11-12,14,17,26H,2,7-10,13H2,1H3,(H,32,33). The minimum Gasteiger partial charge on any atom is -0.491 e. The molecule has 0 bridgehead atoms. The molecule has 34 heavy (non-hydrogen) atoms. The molecule has 0 radical (unpaired) electrons. The van der Waals surface area contributed by atoms with E-state index in [1.54, 1.807) is 25.1 Å². The Morgan fingerprint density at radius 1 is 1.29 bits per heavy atom. The molecule has 1 unspecified atom stereocenters. The summed E-state index contributed by atoms with van der Waals surface area (Å²) in [4.78, 5) is 17.9. The first kappa shape index (κ1) is 22.0. The van der Waals surface area contributed by atoms with E-state index in [9.17, 15) is 14.3 Å². The van der Waals surface area contributed by atoms with Crippen molar-refractivity contribution in [1.82, 2.24) is 29.8 Å². The van der Waals surface area contributed by atoms with Gasteiger partial charge < -0.3 is 20.1 Å². The number of nitrogens with one attached hydrogen (secondary N) is 1. The molecule has 1 aromatic carbocycles. The van der Waals surface area contributed by atoms with Crippen molar-refractivity contribution in [3.63, 3.8) is 0 Å². The Labute approximate surface area is 195 Å². The number of ether oxygens (including phenoxy) is 1. The van der Waals surface area contributed by atoms with Crippen LogP contribution in [0.25, 0.3) is 28.1 Å². The number of aromatic nitrogens is 4. The number of amides is 1. The van der Waals surface area contributed by atoms with Gasteiger partial charge in [0.1, 0.15) is 5.69 Å². The molecule has 1 atom stereocenters. The molecule has 0 saturated carbocycles. The first-order valence-corrected chi connectivity index (χ1v) is 11.3. The first-order chi connectivity index (χ1) is 16.5. The smallest absolute Gasteiger partial charge is 0.407 e. The summed E-state index contributed by atoms with van der Waals surface area (Å²) in [6.07, 6.45) is 2.41. The molecule has 1 aliphatic rings. The third-order valence-electron chi connectivity index (χ3n) is 6.10. The lowest BCUT2D eigenvalue weighted by molar-refractivity contribution is 0.128. The van der Waals surface area contributed by atoms with E-state index >= 15 is 0 Å². The fraction of sp³-hybridized carbons (Fsp3) is 0.333. The average Bonchev–Trinajstić information content (AvgIpc) is 3.49. The lowest BCUT2D eigenvalue weighted by Crippen LogP contribution is -2.41. The van der Waals surface area contributed by atoms with Gasteiger partial charge in [0.25, 0.3) is 0 Å². The van der Waals surface area contributed by atoms with Gasteiger partial charge >= 0.3 is 6.09 Å². The largest absolute Gasteiger partial charge is 0.491 e. The van der Waals surface area contributed by atoms with Crippen molar-refractivity contribution in [2.75, 3.05) is 26.2 Å². The van der Waals surface area contributed by atoms with Crippen LogP contribution in [0.3, 0.4) is 0 Å². The van der Waals surface area contributed by atoms with Gasteiger partial charge in [0.05, 0.1) is 12.1 Å². The highest BCUT2D eigenvalue weighted by atomic mass is 19.1. The van der Waals surface area contributed by atoms with Crippen LogP contribution < -0.4 is 10.1 Å². The van der Waals surface area contributed by atoms with E-state index in [-0.39, 0.29) is 11.8 Å². The zero-order chi connectivity index (χ0) is 23.7. The van der Waals surface area contributed by atoms with Crippen molar-refractivity contribution in [3.8, 4) is 17.3 Å². The quantitative estimate of drug-likeness (QED) is 0.432. The molecular weight excluding hydrogens is 439 g/mol. The second-order valence-corrected chi connectivity index (χ2v) is 8.27. The minimum absolute atomic E-state index is 0.0000748. The van der Waals surface area contributed by atoms with Gasteiger partial charge in [-0.05, 0) is 50.1 Å². The summed E-state index contributed by atoms with van der Waals surface area (Å²) in [5, 5.41) is 22.1. The molecule has 9 nitrogen and oxygen atoms in total. The first-order valence-electron chi connectivity index (χ1n) is 11.3. The topological polar surface area (TPSA) is 105 Å². The van der Waals surface area contributed by atoms with E-state index in [2.05, 4.69) is 20.5 Å². The normalized spacial score (nSPS) is 15.8.